The third kappa shape index (κ3) is 1.89. The van der Waals surface area contributed by atoms with Crippen molar-refractivity contribution in [2.24, 2.45) is 23.2 Å². The van der Waals surface area contributed by atoms with Gasteiger partial charge in [-0.05, 0) is 84.5 Å². The van der Waals surface area contributed by atoms with Gasteiger partial charge >= 0.3 is 0 Å². The number of aliphatic hydroxyl groups is 1. The van der Waals surface area contributed by atoms with Gasteiger partial charge in [-0.1, -0.05) is 19.9 Å². The summed E-state index contributed by atoms with van der Waals surface area (Å²) in [6.45, 7) is 4.59. The van der Waals surface area contributed by atoms with E-state index in [1.165, 1.54) is 37.7 Å². The van der Waals surface area contributed by atoms with E-state index >= 15 is 0 Å². The molecule has 1 N–H and O–H groups in total. The Morgan fingerprint density at radius 2 is 2.09 bits per heavy atom. The van der Waals surface area contributed by atoms with E-state index in [9.17, 15) is 5.11 Å². The van der Waals surface area contributed by atoms with E-state index in [1.807, 2.05) is 0 Å². The zero-order chi connectivity index (χ0) is 15.5. The molecule has 0 aromatic heterocycles. The quantitative estimate of drug-likeness (QED) is 0.844. The second-order valence-electron chi connectivity index (χ2n) is 8.18. The molecule has 6 atom stereocenters. The van der Waals surface area contributed by atoms with Gasteiger partial charge in [0.25, 0.3) is 0 Å². The molecule has 0 aliphatic heterocycles. The molecule has 3 aliphatic carbocycles. The standard InChI is InChI=1S/C20H28O2/c1-12-10-18-17-6-4-13-11-14(22-3)5-7-15(13)16(17)8-9-20(18,2)19(12)21/h5,7,11-12,16-19,21H,4,6,8-10H2,1-3H3/t12-,16+,17+,18-,19+,20-/m0/s1. The van der Waals surface area contributed by atoms with Crippen molar-refractivity contribution in [3.8, 4) is 5.75 Å². The molecule has 0 heterocycles. The lowest BCUT2D eigenvalue weighted by atomic mass is 9.55. The number of aliphatic hydroxyl groups excluding tert-OH is 1. The zero-order valence-electron chi connectivity index (χ0n) is 14.0. The molecular weight excluding hydrogens is 272 g/mol. The first kappa shape index (κ1) is 14.6. The molecule has 0 unspecified atom stereocenters. The lowest BCUT2D eigenvalue weighted by Gasteiger charge is -2.50. The molecule has 22 heavy (non-hydrogen) atoms. The van der Waals surface area contributed by atoms with Crippen LogP contribution in [0.5, 0.6) is 5.75 Å². The predicted molar refractivity (Wildman–Crippen MR) is 88.2 cm³/mol. The number of rotatable bonds is 1. The molecule has 1 aromatic carbocycles. The van der Waals surface area contributed by atoms with Crippen molar-refractivity contribution in [2.45, 2.75) is 58.0 Å². The van der Waals surface area contributed by atoms with Crippen LogP contribution in [0, 0.1) is 23.2 Å². The Balaban J connectivity index is 1.69. The summed E-state index contributed by atoms with van der Waals surface area (Å²) in [6.07, 6.45) is 5.98. The molecule has 0 amide bonds. The van der Waals surface area contributed by atoms with Gasteiger partial charge in [0, 0.05) is 0 Å². The molecule has 3 aliphatic rings. The molecule has 0 radical (unpaired) electrons. The number of fused-ring (bicyclic) bond motifs is 5. The number of benzene rings is 1. The van der Waals surface area contributed by atoms with Gasteiger partial charge in [-0.25, -0.2) is 0 Å². The molecule has 2 fully saturated rings. The van der Waals surface area contributed by atoms with Crippen LogP contribution in [0.25, 0.3) is 0 Å². The average Bonchev–Trinajstić information content (AvgIpc) is 2.77. The Kier molecular flexibility index (Phi) is 3.30. The fraction of sp³-hybridized carbons (Fsp3) is 0.700. The summed E-state index contributed by atoms with van der Waals surface area (Å²) in [5.74, 6) is 3.62. The van der Waals surface area contributed by atoms with E-state index < -0.39 is 0 Å². The highest BCUT2D eigenvalue weighted by molar-refractivity contribution is 5.40. The van der Waals surface area contributed by atoms with Crippen LogP contribution in [0.2, 0.25) is 0 Å². The first-order valence-electron chi connectivity index (χ1n) is 8.89. The van der Waals surface area contributed by atoms with Crippen LogP contribution in [-0.4, -0.2) is 18.3 Å². The maximum Gasteiger partial charge on any atom is 0.119 e. The monoisotopic (exact) mass is 300 g/mol. The molecule has 4 rings (SSSR count). The SMILES string of the molecule is COc1ccc2c(c1)CC[C@@H]1[C@@H]2CC[C@]2(C)[C@H](O)[C@@H](C)C[C@@H]12. The van der Waals surface area contributed by atoms with Gasteiger partial charge in [-0.3, -0.25) is 0 Å². The van der Waals surface area contributed by atoms with Crippen LogP contribution in [0.1, 0.15) is 56.6 Å². The zero-order valence-corrected chi connectivity index (χ0v) is 14.0. The minimum absolute atomic E-state index is 0.101. The van der Waals surface area contributed by atoms with E-state index in [0.29, 0.717) is 17.8 Å². The second kappa shape index (κ2) is 4.99. The summed E-state index contributed by atoms with van der Waals surface area (Å²) in [5.41, 5.74) is 3.22. The lowest BCUT2D eigenvalue weighted by Crippen LogP contribution is -2.44. The Morgan fingerprint density at radius 1 is 1.27 bits per heavy atom. The van der Waals surface area contributed by atoms with E-state index in [2.05, 4.69) is 32.0 Å². The van der Waals surface area contributed by atoms with Gasteiger partial charge in [0.2, 0.25) is 0 Å². The van der Waals surface area contributed by atoms with Gasteiger partial charge in [0.05, 0.1) is 13.2 Å². The molecule has 0 saturated heterocycles. The van der Waals surface area contributed by atoms with Crippen molar-refractivity contribution >= 4 is 0 Å². The van der Waals surface area contributed by atoms with Gasteiger partial charge in [-0.15, -0.1) is 0 Å². The molecule has 0 spiro atoms. The van der Waals surface area contributed by atoms with E-state index in [-0.39, 0.29) is 11.5 Å². The van der Waals surface area contributed by atoms with Crippen molar-refractivity contribution in [1.29, 1.82) is 0 Å². The van der Waals surface area contributed by atoms with Gasteiger partial charge < -0.3 is 9.84 Å². The number of hydrogen-bond donors (Lipinski definition) is 1. The van der Waals surface area contributed by atoms with Crippen molar-refractivity contribution in [3.05, 3.63) is 29.3 Å². The fourth-order valence-electron chi connectivity index (χ4n) is 6.02. The Bertz CT molecular complexity index is 581. The minimum atomic E-state index is -0.101. The van der Waals surface area contributed by atoms with Crippen LogP contribution in [0.3, 0.4) is 0 Å². The van der Waals surface area contributed by atoms with Crippen molar-refractivity contribution in [1.82, 2.24) is 0 Å². The van der Waals surface area contributed by atoms with Crippen LogP contribution in [0.15, 0.2) is 18.2 Å². The number of methoxy groups -OCH3 is 1. The average molecular weight is 300 g/mol. The van der Waals surface area contributed by atoms with Gasteiger partial charge in [0.15, 0.2) is 0 Å². The maximum atomic E-state index is 10.7. The van der Waals surface area contributed by atoms with Crippen LogP contribution < -0.4 is 4.74 Å². The molecule has 0 bridgehead atoms. The summed E-state index contributed by atoms with van der Waals surface area (Å²) in [5, 5.41) is 10.7. The van der Waals surface area contributed by atoms with Crippen LogP contribution in [-0.2, 0) is 6.42 Å². The van der Waals surface area contributed by atoms with E-state index in [4.69, 9.17) is 4.74 Å². The second-order valence-corrected chi connectivity index (χ2v) is 8.18. The first-order valence-corrected chi connectivity index (χ1v) is 8.89. The Morgan fingerprint density at radius 3 is 2.86 bits per heavy atom. The van der Waals surface area contributed by atoms with Crippen LogP contribution in [0.4, 0.5) is 0 Å². The van der Waals surface area contributed by atoms with Crippen molar-refractivity contribution < 1.29 is 9.84 Å². The topological polar surface area (TPSA) is 29.5 Å². The number of hydrogen-bond acceptors (Lipinski definition) is 2. The molecule has 1 aromatic rings. The Hall–Kier alpha value is -1.02. The summed E-state index contributed by atoms with van der Waals surface area (Å²) in [7, 11) is 1.75. The molecular formula is C20H28O2. The van der Waals surface area contributed by atoms with Crippen molar-refractivity contribution in [2.75, 3.05) is 7.11 Å². The molecule has 2 saturated carbocycles. The van der Waals surface area contributed by atoms with Gasteiger partial charge in [-0.2, -0.15) is 0 Å². The maximum absolute atomic E-state index is 10.7. The highest BCUT2D eigenvalue weighted by atomic mass is 16.5. The number of aryl methyl sites for hydroxylation is 1. The van der Waals surface area contributed by atoms with E-state index in [1.54, 1.807) is 12.7 Å². The summed E-state index contributed by atoms with van der Waals surface area (Å²) in [6, 6.07) is 6.68. The van der Waals surface area contributed by atoms with Crippen LogP contribution >= 0.6 is 0 Å². The molecule has 120 valence electrons. The third-order valence-electron chi connectivity index (χ3n) is 7.21. The predicted octanol–water partition coefficient (Wildman–Crippen LogP) is 4.16. The number of ether oxygens (including phenoxy) is 1. The summed E-state index contributed by atoms with van der Waals surface area (Å²) >= 11 is 0. The first-order chi connectivity index (χ1) is 10.5. The largest absolute Gasteiger partial charge is 0.497 e. The van der Waals surface area contributed by atoms with E-state index in [0.717, 1.165) is 11.7 Å². The minimum Gasteiger partial charge on any atom is -0.497 e. The fourth-order valence-corrected chi connectivity index (χ4v) is 6.02. The molecule has 2 nitrogen and oxygen atoms in total. The molecule has 2 heteroatoms. The van der Waals surface area contributed by atoms with Gasteiger partial charge in [0.1, 0.15) is 5.75 Å². The summed E-state index contributed by atoms with van der Waals surface area (Å²) < 4.78 is 5.40. The third-order valence-corrected chi connectivity index (χ3v) is 7.21. The highest BCUT2D eigenvalue weighted by Gasteiger charge is 2.56. The smallest absolute Gasteiger partial charge is 0.119 e. The highest BCUT2D eigenvalue weighted by Crippen LogP contribution is 2.62. The normalized spacial score (nSPS) is 43.2. The lowest BCUT2D eigenvalue weighted by molar-refractivity contribution is -0.0309. The van der Waals surface area contributed by atoms with Crippen molar-refractivity contribution in [3.63, 3.8) is 0 Å². The summed E-state index contributed by atoms with van der Waals surface area (Å²) in [4.78, 5) is 0. The Labute approximate surface area is 133 Å².